The SMILES string of the molecule is CS/C(=N/S(=O)(=O)c1ccc(C)cc1)n1ccnc1. The Morgan fingerprint density at radius 1 is 1.32 bits per heavy atom. The first-order valence-electron chi connectivity index (χ1n) is 5.47. The Morgan fingerprint density at radius 3 is 2.53 bits per heavy atom. The molecule has 5 nitrogen and oxygen atoms in total. The molecule has 0 atom stereocenters. The number of benzene rings is 1. The van der Waals surface area contributed by atoms with Crippen LogP contribution in [-0.2, 0) is 10.0 Å². The molecule has 1 aromatic heterocycles. The van der Waals surface area contributed by atoms with Crippen LogP contribution in [0.4, 0.5) is 0 Å². The number of hydrogen-bond donors (Lipinski definition) is 0. The monoisotopic (exact) mass is 295 g/mol. The summed E-state index contributed by atoms with van der Waals surface area (Å²) in [6.45, 7) is 1.90. The van der Waals surface area contributed by atoms with Crippen molar-refractivity contribution >= 4 is 27.0 Å². The number of imidazole rings is 1. The van der Waals surface area contributed by atoms with Crippen LogP contribution in [-0.4, -0.2) is 29.4 Å². The zero-order valence-electron chi connectivity index (χ0n) is 10.5. The third kappa shape index (κ3) is 3.24. The summed E-state index contributed by atoms with van der Waals surface area (Å²) in [6.07, 6.45) is 6.51. The molecular weight excluding hydrogens is 282 g/mol. The third-order valence-corrected chi connectivity index (χ3v) is 4.49. The van der Waals surface area contributed by atoms with E-state index in [4.69, 9.17) is 0 Å². The lowest BCUT2D eigenvalue weighted by Gasteiger charge is -2.04. The number of aryl methyl sites for hydroxylation is 1. The van der Waals surface area contributed by atoms with Crippen molar-refractivity contribution in [2.24, 2.45) is 4.40 Å². The summed E-state index contributed by atoms with van der Waals surface area (Å²) < 4.78 is 29.8. The lowest BCUT2D eigenvalue weighted by atomic mass is 10.2. The van der Waals surface area contributed by atoms with Crippen LogP contribution in [0, 0.1) is 6.92 Å². The third-order valence-electron chi connectivity index (χ3n) is 2.42. The Morgan fingerprint density at radius 2 is 2.00 bits per heavy atom. The lowest BCUT2D eigenvalue weighted by molar-refractivity contribution is 0.598. The molecule has 2 rings (SSSR count). The van der Waals surface area contributed by atoms with Gasteiger partial charge in [-0.15, -0.1) is 4.40 Å². The largest absolute Gasteiger partial charge is 0.284 e. The van der Waals surface area contributed by atoms with E-state index in [0.717, 1.165) is 5.56 Å². The molecule has 0 amide bonds. The normalized spacial score (nSPS) is 12.6. The fourth-order valence-electron chi connectivity index (χ4n) is 1.43. The van der Waals surface area contributed by atoms with E-state index < -0.39 is 10.0 Å². The molecule has 0 bridgehead atoms. The molecule has 0 aliphatic rings. The molecular formula is C12H13N3O2S2. The van der Waals surface area contributed by atoms with E-state index in [9.17, 15) is 8.42 Å². The number of sulfonamides is 1. The number of thioether (sulfide) groups is 1. The van der Waals surface area contributed by atoms with Crippen molar-refractivity contribution in [1.29, 1.82) is 0 Å². The summed E-state index contributed by atoms with van der Waals surface area (Å²) in [4.78, 5) is 4.06. The van der Waals surface area contributed by atoms with Crippen molar-refractivity contribution in [2.75, 3.05) is 6.26 Å². The van der Waals surface area contributed by atoms with E-state index in [-0.39, 0.29) is 4.90 Å². The minimum Gasteiger partial charge on any atom is -0.284 e. The average Bonchev–Trinajstić information content (AvgIpc) is 2.90. The van der Waals surface area contributed by atoms with Crippen LogP contribution in [0.1, 0.15) is 5.56 Å². The van der Waals surface area contributed by atoms with Crippen LogP contribution >= 0.6 is 11.8 Å². The molecule has 19 heavy (non-hydrogen) atoms. The quantitative estimate of drug-likeness (QED) is 0.629. The molecule has 2 aromatic rings. The van der Waals surface area contributed by atoms with Gasteiger partial charge >= 0.3 is 0 Å². The Bertz CT molecular complexity index is 674. The summed E-state index contributed by atoms with van der Waals surface area (Å²) in [7, 11) is -3.70. The second-order valence-electron chi connectivity index (χ2n) is 3.84. The van der Waals surface area contributed by atoms with Gasteiger partial charge in [-0.1, -0.05) is 29.5 Å². The molecule has 1 heterocycles. The van der Waals surface area contributed by atoms with Crippen LogP contribution in [0.25, 0.3) is 0 Å². The van der Waals surface area contributed by atoms with Gasteiger partial charge in [0.2, 0.25) is 0 Å². The maximum absolute atomic E-state index is 12.2. The van der Waals surface area contributed by atoms with Gasteiger partial charge in [0.05, 0.1) is 4.90 Å². The Kier molecular flexibility index (Phi) is 4.06. The van der Waals surface area contributed by atoms with Crippen LogP contribution in [0.5, 0.6) is 0 Å². The minimum absolute atomic E-state index is 0.185. The predicted octanol–water partition coefficient (Wildman–Crippen LogP) is 2.15. The zero-order valence-corrected chi connectivity index (χ0v) is 12.1. The highest BCUT2D eigenvalue weighted by molar-refractivity contribution is 8.13. The van der Waals surface area contributed by atoms with Crippen molar-refractivity contribution in [3.05, 3.63) is 48.5 Å². The summed E-state index contributed by atoms with van der Waals surface area (Å²) >= 11 is 1.25. The van der Waals surface area contributed by atoms with Crippen molar-refractivity contribution in [1.82, 2.24) is 9.55 Å². The summed E-state index contributed by atoms with van der Waals surface area (Å²) in [5, 5.41) is 0.359. The fraction of sp³-hybridized carbons (Fsp3) is 0.167. The number of hydrogen-bond acceptors (Lipinski definition) is 4. The Hall–Kier alpha value is -1.60. The van der Waals surface area contributed by atoms with E-state index in [0.29, 0.717) is 5.17 Å². The molecule has 0 spiro atoms. The highest BCUT2D eigenvalue weighted by Gasteiger charge is 2.14. The number of nitrogens with zero attached hydrogens (tertiary/aromatic N) is 3. The molecule has 0 fully saturated rings. The van der Waals surface area contributed by atoms with Crippen molar-refractivity contribution in [3.63, 3.8) is 0 Å². The predicted molar refractivity (Wildman–Crippen MR) is 76.9 cm³/mol. The summed E-state index contributed by atoms with van der Waals surface area (Å²) in [5.74, 6) is 0. The molecule has 0 saturated heterocycles. The molecule has 0 aliphatic heterocycles. The second-order valence-corrected chi connectivity index (χ2v) is 6.21. The first kappa shape index (κ1) is 13.8. The molecule has 0 radical (unpaired) electrons. The maximum atomic E-state index is 12.2. The smallest absolute Gasteiger partial charge is 0.284 e. The molecule has 1 aromatic carbocycles. The van der Waals surface area contributed by atoms with Gasteiger partial charge in [0, 0.05) is 12.4 Å². The average molecular weight is 295 g/mol. The Balaban J connectivity index is 2.42. The highest BCUT2D eigenvalue weighted by atomic mass is 32.2. The highest BCUT2D eigenvalue weighted by Crippen LogP contribution is 2.15. The van der Waals surface area contributed by atoms with Crippen molar-refractivity contribution in [3.8, 4) is 0 Å². The first-order chi connectivity index (χ1) is 9.03. The van der Waals surface area contributed by atoms with E-state index in [1.807, 2.05) is 6.92 Å². The molecule has 0 unspecified atom stereocenters. The van der Waals surface area contributed by atoms with E-state index in [1.165, 1.54) is 18.1 Å². The van der Waals surface area contributed by atoms with E-state index >= 15 is 0 Å². The van der Waals surface area contributed by atoms with Gasteiger partial charge < -0.3 is 0 Å². The van der Waals surface area contributed by atoms with Gasteiger partial charge in [-0.3, -0.25) is 4.57 Å². The first-order valence-corrected chi connectivity index (χ1v) is 8.13. The number of rotatable bonds is 2. The van der Waals surface area contributed by atoms with Crippen LogP contribution in [0.15, 0.2) is 52.3 Å². The van der Waals surface area contributed by atoms with Gasteiger partial charge in [-0.25, -0.2) is 4.98 Å². The van der Waals surface area contributed by atoms with Crippen LogP contribution in [0.2, 0.25) is 0 Å². The lowest BCUT2D eigenvalue weighted by Crippen LogP contribution is -2.09. The van der Waals surface area contributed by atoms with Gasteiger partial charge in [0.1, 0.15) is 6.33 Å². The standard InChI is InChI=1S/C12H13N3O2S2/c1-10-3-5-11(6-4-10)19(16,17)14-12(18-2)15-8-7-13-9-15/h3-9H,1-2H3/b14-12+. The summed E-state index contributed by atoms with van der Waals surface area (Å²) in [6, 6.07) is 6.61. The minimum atomic E-state index is -3.70. The topological polar surface area (TPSA) is 64.3 Å². The van der Waals surface area contributed by atoms with Gasteiger partial charge in [0.15, 0.2) is 5.17 Å². The molecule has 0 saturated carbocycles. The summed E-state index contributed by atoms with van der Waals surface area (Å²) in [5.41, 5.74) is 1.00. The number of aromatic nitrogens is 2. The maximum Gasteiger partial charge on any atom is 0.284 e. The molecule has 0 N–H and O–H groups in total. The Labute approximate surface area is 116 Å². The van der Waals surface area contributed by atoms with Gasteiger partial charge in [-0.05, 0) is 25.3 Å². The second kappa shape index (κ2) is 5.58. The molecule has 0 aliphatic carbocycles. The fourth-order valence-corrected chi connectivity index (χ4v) is 3.22. The van der Waals surface area contributed by atoms with Gasteiger partial charge in [-0.2, -0.15) is 8.42 Å². The molecule has 7 heteroatoms. The van der Waals surface area contributed by atoms with Crippen LogP contribution in [0.3, 0.4) is 0 Å². The van der Waals surface area contributed by atoms with E-state index in [2.05, 4.69) is 9.38 Å². The van der Waals surface area contributed by atoms with Crippen molar-refractivity contribution in [2.45, 2.75) is 11.8 Å². The molecule has 100 valence electrons. The van der Waals surface area contributed by atoms with E-state index in [1.54, 1.807) is 47.5 Å². The zero-order chi connectivity index (χ0) is 13.9. The van der Waals surface area contributed by atoms with Gasteiger partial charge in [0.25, 0.3) is 10.0 Å². The van der Waals surface area contributed by atoms with Crippen LogP contribution < -0.4 is 0 Å². The van der Waals surface area contributed by atoms with Crippen molar-refractivity contribution < 1.29 is 8.42 Å².